The van der Waals surface area contributed by atoms with Gasteiger partial charge >= 0.3 is 17.9 Å². The average Bonchev–Trinajstić information content (AvgIpc) is 3.30. The molecule has 0 aliphatic rings. The Morgan fingerprint density at radius 2 is 0.493 bits per heavy atom. The van der Waals surface area contributed by atoms with Gasteiger partial charge in [0.2, 0.25) is 0 Å². The minimum Gasteiger partial charge on any atom is -0.462 e. The van der Waals surface area contributed by atoms with Crippen molar-refractivity contribution in [2.45, 2.75) is 349 Å². The van der Waals surface area contributed by atoms with Gasteiger partial charge in [0.25, 0.3) is 0 Å². The van der Waals surface area contributed by atoms with E-state index in [1.54, 1.807) is 0 Å². The zero-order valence-corrected chi connectivity index (χ0v) is 46.0. The molecule has 0 aromatic carbocycles. The topological polar surface area (TPSA) is 78.9 Å². The highest BCUT2D eigenvalue weighted by Crippen LogP contribution is 2.18. The van der Waals surface area contributed by atoms with Crippen LogP contribution >= 0.6 is 0 Å². The lowest BCUT2D eigenvalue weighted by Crippen LogP contribution is -2.30. The van der Waals surface area contributed by atoms with Crippen molar-refractivity contribution in [2.75, 3.05) is 13.2 Å². The van der Waals surface area contributed by atoms with Crippen LogP contribution in [0.25, 0.3) is 0 Å². The van der Waals surface area contributed by atoms with Crippen LogP contribution in [0.1, 0.15) is 343 Å². The number of hydrogen-bond acceptors (Lipinski definition) is 6. The van der Waals surface area contributed by atoms with Crippen molar-refractivity contribution in [2.24, 2.45) is 11.8 Å². The van der Waals surface area contributed by atoms with E-state index in [0.29, 0.717) is 19.3 Å². The fourth-order valence-electron chi connectivity index (χ4n) is 9.40. The molecule has 0 saturated heterocycles. The smallest absolute Gasteiger partial charge is 0.306 e. The maximum absolute atomic E-state index is 12.8. The summed E-state index contributed by atoms with van der Waals surface area (Å²) in [5.41, 5.74) is 0. The first-order valence-corrected chi connectivity index (χ1v) is 30.2. The Balaban J connectivity index is 4.26. The third-order valence-corrected chi connectivity index (χ3v) is 14.0. The van der Waals surface area contributed by atoms with E-state index in [9.17, 15) is 14.4 Å². The molecule has 0 N–H and O–H groups in total. The van der Waals surface area contributed by atoms with Crippen LogP contribution in [0, 0.1) is 11.8 Å². The first-order chi connectivity index (χ1) is 32.7. The average molecular weight is 948 g/mol. The molecular formula is C61H118O6. The minimum absolute atomic E-state index is 0.0625. The Bertz CT molecular complexity index is 1020. The number of esters is 3. The van der Waals surface area contributed by atoms with Gasteiger partial charge in [0, 0.05) is 19.3 Å². The molecule has 0 radical (unpaired) electrons. The number of carbonyl (C=O) groups excluding carboxylic acids is 3. The molecule has 6 heteroatoms. The second-order valence-electron chi connectivity index (χ2n) is 21.9. The molecule has 0 rings (SSSR count). The molecule has 398 valence electrons. The first-order valence-electron chi connectivity index (χ1n) is 30.2. The van der Waals surface area contributed by atoms with Gasteiger partial charge in [-0.05, 0) is 31.1 Å². The summed E-state index contributed by atoms with van der Waals surface area (Å²) >= 11 is 0. The van der Waals surface area contributed by atoms with E-state index in [0.717, 1.165) is 69.6 Å². The van der Waals surface area contributed by atoms with Gasteiger partial charge in [-0.15, -0.1) is 0 Å². The summed E-state index contributed by atoms with van der Waals surface area (Å²) in [6, 6.07) is 0. The standard InChI is InChI=1S/C61H118O6/c1-6-7-8-9-10-11-12-13-14-15-19-22-25-31-36-41-46-51-59(62)65-54-58(67-61(64)53-48-43-38-33-28-27-30-35-40-45-50-57(4)5)55-66-60(63)52-47-42-37-32-26-23-20-17-16-18-21-24-29-34-39-44-49-56(2)3/h56-58H,6-55H2,1-5H3/t58-/m0/s1. The SMILES string of the molecule is CCCCCCCCCCCCCCCCCCCC(=O)OC[C@@H](COC(=O)CCCCCCCCCCCCCCCCCCC(C)C)OC(=O)CCCCCCCCCCCCC(C)C. The van der Waals surface area contributed by atoms with E-state index in [2.05, 4.69) is 34.6 Å². The van der Waals surface area contributed by atoms with Crippen molar-refractivity contribution in [3.05, 3.63) is 0 Å². The van der Waals surface area contributed by atoms with E-state index in [4.69, 9.17) is 14.2 Å². The fraction of sp³-hybridized carbons (Fsp3) is 0.951. The molecule has 1 atom stereocenters. The third kappa shape index (κ3) is 55.2. The van der Waals surface area contributed by atoms with Crippen LogP contribution in [0.2, 0.25) is 0 Å². The summed E-state index contributed by atoms with van der Waals surface area (Å²) in [5, 5.41) is 0. The Kier molecular flexibility index (Phi) is 52.5. The molecule has 0 aliphatic carbocycles. The van der Waals surface area contributed by atoms with Crippen molar-refractivity contribution >= 4 is 17.9 Å². The molecule has 0 spiro atoms. The molecule has 0 aromatic rings. The van der Waals surface area contributed by atoms with Crippen molar-refractivity contribution < 1.29 is 28.6 Å². The summed E-state index contributed by atoms with van der Waals surface area (Å²) in [4.78, 5) is 38.2. The number of unbranched alkanes of at least 4 members (excludes halogenated alkanes) is 40. The van der Waals surface area contributed by atoms with Crippen LogP contribution in [0.3, 0.4) is 0 Å². The fourth-order valence-corrected chi connectivity index (χ4v) is 9.40. The second-order valence-corrected chi connectivity index (χ2v) is 21.9. The third-order valence-electron chi connectivity index (χ3n) is 14.0. The molecule has 0 unspecified atom stereocenters. The van der Waals surface area contributed by atoms with Gasteiger partial charge in [-0.1, -0.05) is 304 Å². The van der Waals surface area contributed by atoms with Gasteiger partial charge in [0.15, 0.2) is 6.10 Å². The van der Waals surface area contributed by atoms with Gasteiger partial charge in [-0.2, -0.15) is 0 Å². The van der Waals surface area contributed by atoms with E-state index in [1.807, 2.05) is 0 Å². The van der Waals surface area contributed by atoms with Gasteiger partial charge in [-0.3, -0.25) is 14.4 Å². The lowest BCUT2D eigenvalue weighted by atomic mass is 10.0. The summed E-state index contributed by atoms with van der Waals surface area (Å²) in [6.07, 6.45) is 58.1. The van der Waals surface area contributed by atoms with E-state index >= 15 is 0 Å². The van der Waals surface area contributed by atoms with Gasteiger partial charge in [0.1, 0.15) is 13.2 Å². The Labute approximate surface area is 418 Å². The largest absolute Gasteiger partial charge is 0.462 e. The zero-order valence-electron chi connectivity index (χ0n) is 46.0. The molecule has 0 aliphatic heterocycles. The predicted molar refractivity (Wildman–Crippen MR) is 289 cm³/mol. The van der Waals surface area contributed by atoms with Gasteiger partial charge in [-0.25, -0.2) is 0 Å². The highest BCUT2D eigenvalue weighted by atomic mass is 16.6. The van der Waals surface area contributed by atoms with Crippen molar-refractivity contribution in [3.8, 4) is 0 Å². The minimum atomic E-state index is -0.763. The monoisotopic (exact) mass is 947 g/mol. The maximum atomic E-state index is 12.8. The van der Waals surface area contributed by atoms with Crippen LogP contribution in [-0.4, -0.2) is 37.2 Å². The normalized spacial score (nSPS) is 12.0. The number of hydrogen-bond donors (Lipinski definition) is 0. The number of carbonyl (C=O) groups is 3. The lowest BCUT2D eigenvalue weighted by Gasteiger charge is -2.18. The van der Waals surface area contributed by atoms with Gasteiger partial charge in [0.05, 0.1) is 0 Å². The molecule has 6 nitrogen and oxygen atoms in total. The highest BCUT2D eigenvalue weighted by Gasteiger charge is 2.19. The molecule has 0 heterocycles. The molecule has 0 amide bonds. The van der Waals surface area contributed by atoms with Crippen LogP contribution < -0.4 is 0 Å². The summed E-state index contributed by atoms with van der Waals surface area (Å²) in [7, 11) is 0. The quantitative estimate of drug-likeness (QED) is 0.0343. The molecule has 0 bridgehead atoms. The van der Waals surface area contributed by atoms with Crippen LogP contribution in [0.15, 0.2) is 0 Å². The Hall–Kier alpha value is -1.59. The van der Waals surface area contributed by atoms with Gasteiger partial charge < -0.3 is 14.2 Å². The number of ether oxygens (including phenoxy) is 3. The summed E-state index contributed by atoms with van der Waals surface area (Å²) < 4.78 is 16.9. The van der Waals surface area contributed by atoms with Crippen LogP contribution in [-0.2, 0) is 28.6 Å². The zero-order chi connectivity index (χ0) is 48.9. The summed E-state index contributed by atoms with van der Waals surface area (Å²) in [6.45, 7) is 11.4. The molecular weight excluding hydrogens is 829 g/mol. The van der Waals surface area contributed by atoms with Crippen molar-refractivity contribution in [1.29, 1.82) is 0 Å². The molecule has 67 heavy (non-hydrogen) atoms. The number of rotatable bonds is 55. The lowest BCUT2D eigenvalue weighted by molar-refractivity contribution is -0.167. The molecule has 0 aromatic heterocycles. The Morgan fingerprint density at radius 1 is 0.284 bits per heavy atom. The first kappa shape index (κ1) is 65.4. The van der Waals surface area contributed by atoms with E-state index in [-0.39, 0.29) is 31.1 Å². The second kappa shape index (κ2) is 53.8. The molecule has 0 saturated carbocycles. The Morgan fingerprint density at radius 3 is 0.731 bits per heavy atom. The predicted octanol–water partition coefficient (Wildman–Crippen LogP) is 20.0. The van der Waals surface area contributed by atoms with E-state index < -0.39 is 6.10 Å². The van der Waals surface area contributed by atoms with Crippen molar-refractivity contribution in [3.63, 3.8) is 0 Å². The van der Waals surface area contributed by atoms with E-state index in [1.165, 1.54) is 231 Å². The van der Waals surface area contributed by atoms with Crippen LogP contribution in [0.4, 0.5) is 0 Å². The maximum Gasteiger partial charge on any atom is 0.306 e. The highest BCUT2D eigenvalue weighted by molar-refractivity contribution is 5.71. The van der Waals surface area contributed by atoms with Crippen molar-refractivity contribution in [1.82, 2.24) is 0 Å². The summed E-state index contributed by atoms with van der Waals surface area (Å²) in [5.74, 6) is 0.832. The van der Waals surface area contributed by atoms with Crippen LogP contribution in [0.5, 0.6) is 0 Å². The molecule has 0 fully saturated rings.